The number of benzene rings is 2. The SMILES string of the molecule is CC[C@H](C(=O)NCCOc1ccccc1OC)N(c1ccc(F)cc1)S(C)(=O)=O. The van der Waals surface area contributed by atoms with Crippen LogP contribution in [0.2, 0.25) is 0 Å². The van der Waals surface area contributed by atoms with Crippen LogP contribution in [0.3, 0.4) is 0 Å². The molecule has 0 heterocycles. The maximum atomic E-state index is 13.2. The minimum Gasteiger partial charge on any atom is -0.493 e. The summed E-state index contributed by atoms with van der Waals surface area (Å²) < 4.78 is 49.7. The second-order valence-corrected chi connectivity index (χ2v) is 8.11. The molecule has 0 saturated heterocycles. The first-order valence-corrected chi connectivity index (χ1v) is 10.9. The molecule has 0 bridgehead atoms. The number of rotatable bonds is 10. The molecule has 158 valence electrons. The van der Waals surface area contributed by atoms with Gasteiger partial charge in [-0.1, -0.05) is 19.1 Å². The van der Waals surface area contributed by atoms with Crippen molar-refractivity contribution in [1.29, 1.82) is 0 Å². The van der Waals surface area contributed by atoms with Gasteiger partial charge in [0.1, 0.15) is 18.5 Å². The second-order valence-electron chi connectivity index (χ2n) is 6.25. The van der Waals surface area contributed by atoms with Crippen molar-refractivity contribution in [1.82, 2.24) is 5.32 Å². The first-order chi connectivity index (χ1) is 13.8. The summed E-state index contributed by atoms with van der Waals surface area (Å²) in [6, 6.07) is 11.1. The Hall–Kier alpha value is -2.81. The monoisotopic (exact) mass is 424 g/mol. The summed E-state index contributed by atoms with van der Waals surface area (Å²) in [5, 5.41) is 2.69. The quantitative estimate of drug-likeness (QED) is 0.593. The van der Waals surface area contributed by atoms with E-state index in [2.05, 4.69) is 5.32 Å². The lowest BCUT2D eigenvalue weighted by atomic mass is 10.2. The zero-order valence-electron chi connectivity index (χ0n) is 16.6. The molecular formula is C20H25FN2O5S. The first kappa shape index (κ1) is 22.5. The fourth-order valence-corrected chi connectivity index (χ4v) is 4.05. The minimum absolute atomic E-state index is 0.175. The number of anilines is 1. The summed E-state index contributed by atoms with van der Waals surface area (Å²) in [6.07, 6.45) is 1.25. The number of halogens is 1. The molecule has 0 aliphatic rings. The summed E-state index contributed by atoms with van der Waals surface area (Å²) in [5.74, 6) is 0.157. The largest absolute Gasteiger partial charge is 0.493 e. The molecule has 0 aliphatic heterocycles. The van der Waals surface area contributed by atoms with E-state index in [0.29, 0.717) is 11.5 Å². The predicted molar refractivity (Wildman–Crippen MR) is 109 cm³/mol. The van der Waals surface area contributed by atoms with Crippen LogP contribution < -0.4 is 19.1 Å². The highest BCUT2D eigenvalue weighted by molar-refractivity contribution is 7.92. The van der Waals surface area contributed by atoms with Gasteiger partial charge in [-0.3, -0.25) is 9.10 Å². The van der Waals surface area contributed by atoms with E-state index in [4.69, 9.17) is 9.47 Å². The number of hydrogen-bond acceptors (Lipinski definition) is 5. The lowest BCUT2D eigenvalue weighted by Crippen LogP contribution is -2.50. The molecule has 29 heavy (non-hydrogen) atoms. The zero-order chi connectivity index (χ0) is 21.4. The number of nitrogens with one attached hydrogen (secondary N) is 1. The highest BCUT2D eigenvalue weighted by Gasteiger charge is 2.31. The molecule has 1 N–H and O–H groups in total. The summed E-state index contributed by atoms with van der Waals surface area (Å²) in [6.45, 7) is 2.06. The molecule has 9 heteroatoms. The van der Waals surface area contributed by atoms with Crippen molar-refractivity contribution < 1.29 is 27.1 Å². The highest BCUT2D eigenvalue weighted by atomic mass is 32.2. The molecule has 7 nitrogen and oxygen atoms in total. The second kappa shape index (κ2) is 10.1. The molecule has 2 aromatic carbocycles. The van der Waals surface area contributed by atoms with Crippen LogP contribution in [0, 0.1) is 5.82 Å². The Morgan fingerprint density at radius 1 is 1.14 bits per heavy atom. The number of sulfonamides is 1. The fourth-order valence-electron chi connectivity index (χ4n) is 2.84. The van der Waals surface area contributed by atoms with E-state index in [9.17, 15) is 17.6 Å². The summed E-state index contributed by atoms with van der Waals surface area (Å²) in [7, 11) is -2.23. The number of nitrogens with zero attached hydrogens (tertiary/aromatic N) is 1. The van der Waals surface area contributed by atoms with Crippen LogP contribution in [0.4, 0.5) is 10.1 Å². The Labute approximate surface area is 170 Å². The summed E-state index contributed by atoms with van der Waals surface area (Å²) >= 11 is 0. The number of para-hydroxylation sites is 2. The predicted octanol–water partition coefficient (Wildman–Crippen LogP) is 2.57. The van der Waals surface area contributed by atoms with Crippen molar-refractivity contribution in [2.75, 3.05) is 30.8 Å². The van der Waals surface area contributed by atoms with Gasteiger partial charge in [0, 0.05) is 0 Å². The van der Waals surface area contributed by atoms with Gasteiger partial charge in [-0.05, 0) is 42.8 Å². The van der Waals surface area contributed by atoms with Crippen LogP contribution in [-0.2, 0) is 14.8 Å². The van der Waals surface area contributed by atoms with Crippen molar-refractivity contribution in [3.63, 3.8) is 0 Å². The molecule has 0 fully saturated rings. The number of methoxy groups -OCH3 is 1. The fraction of sp³-hybridized carbons (Fsp3) is 0.350. The summed E-state index contributed by atoms with van der Waals surface area (Å²) in [4.78, 5) is 12.7. The van der Waals surface area contributed by atoms with Crippen LogP contribution in [0.15, 0.2) is 48.5 Å². The van der Waals surface area contributed by atoms with Gasteiger partial charge in [0.15, 0.2) is 11.5 Å². The Balaban J connectivity index is 2.04. The van der Waals surface area contributed by atoms with Crippen molar-refractivity contribution in [2.24, 2.45) is 0 Å². The maximum Gasteiger partial charge on any atom is 0.244 e. The van der Waals surface area contributed by atoms with Crippen LogP contribution in [0.25, 0.3) is 0 Å². The Kier molecular flexibility index (Phi) is 7.83. The van der Waals surface area contributed by atoms with Gasteiger partial charge in [0.2, 0.25) is 15.9 Å². The topological polar surface area (TPSA) is 84.9 Å². The van der Waals surface area contributed by atoms with Crippen molar-refractivity contribution in [3.05, 3.63) is 54.3 Å². The van der Waals surface area contributed by atoms with Gasteiger partial charge in [0.25, 0.3) is 0 Å². The van der Waals surface area contributed by atoms with E-state index in [1.54, 1.807) is 25.1 Å². The molecule has 0 aromatic heterocycles. The average molecular weight is 424 g/mol. The highest BCUT2D eigenvalue weighted by Crippen LogP contribution is 2.25. The molecule has 2 aromatic rings. The number of carbonyl (C=O) groups excluding carboxylic acids is 1. The van der Waals surface area contributed by atoms with Gasteiger partial charge in [0.05, 0.1) is 25.6 Å². The Bertz CT molecular complexity index is 919. The lowest BCUT2D eigenvalue weighted by molar-refractivity contribution is -0.122. The zero-order valence-corrected chi connectivity index (χ0v) is 17.4. The van der Waals surface area contributed by atoms with Crippen molar-refractivity contribution >= 4 is 21.6 Å². The molecular weight excluding hydrogens is 399 g/mol. The van der Waals surface area contributed by atoms with E-state index < -0.39 is 27.8 Å². The van der Waals surface area contributed by atoms with Crippen molar-refractivity contribution in [3.8, 4) is 11.5 Å². The van der Waals surface area contributed by atoms with Gasteiger partial charge in [-0.25, -0.2) is 12.8 Å². The molecule has 0 aliphatic carbocycles. The van der Waals surface area contributed by atoms with Crippen LogP contribution in [0.1, 0.15) is 13.3 Å². The summed E-state index contributed by atoms with van der Waals surface area (Å²) in [5.41, 5.74) is 0.223. The molecule has 2 rings (SSSR count). The third-order valence-corrected chi connectivity index (χ3v) is 5.32. The van der Waals surface area contributed by atoms with Gasteiger partial charge >= 0.3 is 0 Å². The molecule has 0 spiro atoms. The van der Waals surface area contributed by atoms with Crippen LogP contribution in [-0.4, -0.2) is 46.9 Å². The lowest BCUT2D eigenvalue weighted by Gasteiger charge is -2.30. The van der Waals surface area contributed by atoms with E-state index in [0.717, 1.165) is 22.7 Å². The molecule has 1 atom stereocenters. The van der Waals surface area contributed by atoms with Crippen LogP contribution >= 0.6 is 0 Å². The minimum atomic E-state index is -3.77. The van der Waals surface area contributed by atoms with E-state index >= 15 is 0 Å². The molecule has 0 radical (unpaired) electrons. The number of hydrogen-bond donors (Lipinski definition) is 1. The Morgan fingerprint density at radius 3 is 2.31 bits per heavy atom. The van der Waals surface area contributed by atoms with Gasteiger partial charge < -0.3 is 14.8 Å². The molecule has 0 saturated carbocycles. The average Bonchev–Trinajstić information content (AvgIpc) is 2.69. The number of ether oxygens (including phenoxy) is 2. The van der Waals surface area contributed by atoms with Gasteiger partial charge in [-0.15, -0.1) is 0 Å². The molecule has 0 unspecified atom stereocenters. The smallest absolute Gasteiger partial charge is 0.244 e. The Morgan fingerprint density at radius 2 is 1.76 bits per heavy atom. The van der Waals surface area contributed by atoms with E-state index in [-0.39, 0.29) is 25.3 Å². The van der Waals surface area contributed by atoms with E-state index in [1.807, 2.05) is 6.07 Å². The van der Waals surface area contributed by atoms with Gasteiger partial charge in [-0.2, -0.15) is 0 Å². The third-order valence-electron chi connectivity index (χ3n) is 4.14. The molecule has 1 amide bonds. The van der Waals surface area contributed by atoms with Crippen LogP contribution in [0.5, 0.6) is 11.5 Å². The first-order valence-electron chi connectivity index (χ1n) is 9.06. The van der Waals surface area contributed by atoms with Crippen molar-refractivity contribution in [2.45, 2.75) is 19.4 Å². The number of carbonyl (C=O) groups is 1. The third kappa shape index (κ3) is 6.08. The standard InChI is InChI=1S/C20H25FN2O5S/c1-4-17(23(29(3,25)26)16-11-9-15(21)10-12-16)20(24)22-13-14-28-19-8-6-5-7-18(19)27-2/h5-12,17H,4,13-14H2,1-3H3,(H,22,24)/t17-/m1/s1. The normalized spacial score (nSPS) is 12.1. The number of amides is 1. The maximum absolute atomic E-state index is 13.2. The van der Waals surface area contributed by atoms with E-state index in [1.165, 1.54) is 19.2 Å².